The van der Waals surface area contributed by atoms with Gasteiger partial charge in [0.25, 0.3) is 0 Å². The first-order valence-electron chi connectivity index (χ1n) is 5.29. The van der Waals surface area contributed by atoms with E-state index >= 15 is 0 Å². The number of halogens is 1. The zero-order valence-electron chi connectivity index (χ0n) is 9.31. The quantitative estimate of drug-likeness (QED) is 0.837. The van der Waals surface area contributed by atoms with Crippen LogP contribution in [0.15, 0.2) is 28.8 Å². The predicted molar refractivity (Wildman–Crippen MR) is 63.7 cm³/mol. The van der Waals surface area contributed by atoms with Crippen molar-refractivity contribution in [3.63, 3.8) is 0 Å². The zero-order valence-corrected chi connectivity index (χ0v) is 10.1. The molecule has 2 rings (SSSR count). The van der Waals surface area contributed by atoms with Crippen LogP contribution in [0.5, 0.6) is 0 Å². The molecule has 0 atom stereocenters. The first-order chi connectivity index (χ1) is 8.19. The highest BCUT2D eigenvalue weighted by molar-refractivity contribution is 6.30. The summed E-state index contributed by atoms with van der Waals surface area (Å²) in [5, 5.41) is 4.43. The van der Waals surface area contributed by atoms with Crippen molar-refractivity contribution >= 4 is 17.4 Å². The fraction of sp³-hybridized carbons (Fsp3) is 0.250. The Morgan fingerprint density at radius 3 is 3.00 bits per heavy atom. The summed E-state index contributed by atoms with van der Waals surface area (Å²) in [6, 6.07) is 7.16. The number of aromatic nitrogens is 2. The maximum atomic E-state index is 11.2. The van der Waals surface area contributed by atoms with Crippen LogP contribution in [-0.2, 0) is 11.2 Å². The summed E-state index contributed by atoms with van der Waals surface area (Å²) < 4.78 is 5.01. The molecule has 2 aromatic rings. The van der Waals surface area contributed by atoms with Crippen molar-refractivity contribution in [2.24, 2.45) is 0 Å². The topological polar surface area (TPSA) is 56.0 Å². The van der Waals surface area contributed by atoms with Crippen LogP contribution < -0.4 is 0 Å². The molecule has 1 aromatic heterocycles. The minimum Gasteiger partial charge on any atom is -0.339 e. The molecule has 5 heteroatoms. The van der Waals surface area contributed by atoms with E-state index in [1.54, 1.807) is 19.1 Å². The third kappa shape index (κ3) is 2.91. The number of ketones is 1. The van der Waals surface area contributed by atoms with Gasteiger partial charge in [-0.25, -0.2) is 0 Å². The number of carbonyl (C=O) groups is 1. The fourth-order valence-corrected chi connectivity index (χ4v) is 1.56. The maximum absolute atomic E-state index is 11.2. The first-order valence-corrected chi connectivity index (χ1v) is 5.67. The number of rotatable bonds is 4. The third-order valence-corrected chi connectivity index (χ3v) is 2.53. The lowest BCUT2D eigenvalue weighted by Crippen LogP contribution is -2.00. The van der Waals surface area contributed by atoms with Gasteiger partial charge in [-0.2, -0.15) is 4.98 Å². The largest absolute Gasteiger partial charge is 0.339 e. The van der Waals surface area contributed by atoms with Gasteiger partial charge < -0.3 is 4.52 Å². The monoisotopic (exact) mass is 250 g/mol. The van der Waals surface area contributed by atoms with Crippen LogP contribution >= 0.6 is 11.6 Å². The molecule has 0 spiro atoms. The molecule has 0 saturated heterocycles. The highest BCUT2D eigenvalue weighted by Gasteiger charge is 2.11. The molecule has 0 saturated carbocycles. The number of carbonyl (C=O) groups excluding carboxylic acids is 1. The molecule has 0 fully saturated rings. The minimum absolute atomic E-state index is 0.0753. The normalized spacial score (nSPS) is 10.5. The molecule has 0 bridgehead atoms. The van der Waals surface area contributed by atoms with Crippen LogP contribution in [0.1, 0.15) is 19.2 Å². The predicted octanol–water partition coefficient (Wildman–Crippen LogP) is 2.91. The standard InChI is InChI=1S/C12H11ClN2O2/c1-2-10(16)7-11-14-12(15-17-11)8-4-3-5-9(13)6-8/h3-6H,2,7H2,1H3. The molecule has 17 heavy (non-hydrogen) atoms. The summed E-state index contributed by atoms with van der Waals surface area (Å²) >= 11 is 5.87. The van der Waals surface area contributed by atoms with Crippen LogP contribution in [0.4, 0.5) is 0 Å². The molecule has 88 valence electrons. The van der Waals surface area contributed by atoms with Crippen molar-refractivity contribution in [1.29, 1.82) is 0 Å². The van der Waals surface area contributed by atoms with Gasteiger partial charge in [-0.3, -0.25) is 4.79 Å². The third-order valence-electron chi connectivity index (χ3n) is 2.29. The van der Waals surface area contributed by atoms with Gasteiger partial charge in [0.2, 0.25) is 11.7 Å². The summed E-state index contributed by atoms with van der Waals surface area (Å²) in [6.07, 6.45) is 0.652. The summed E-state index contributed by atoms with van der Waals surface area (Å²) in [4.78, 5) is 15.4. The second-order valence-electron chi connectivity index (χ2n) is 3.59. The van der Waals surface area contributed by atoms with Crippen LogP contribution in [-0.4, -0.2) is 15.9 Å². The number of benzene rings is 1. The van der Waals surface area contributed by atoms with Crippen molar-refractivity contribution in [3.8, 4) is 11.4 Å². The molecule has 1 aromatic carbocycles. The van der Waals surface area contributed by atoms with Gasteiger partial charge in [0.05, 0.1) is 6.42 Å². The second-order valence-corrected chi connectivity index (χ2v) is 4.03. The van der Waals surface area contributed by atoms with Crippen LogP contribution in [0.25, 0.3) is 11.4 Å². The molecular weight excluding hydrogens is 240 g/mol. The van der Waals surface area contributed by atoms with E-state index < -0.39 is 0 Å². The Hall–Kier alpha value is -1.68. The molecular formula is C12H11ClN2O2. The van der Waals surface area contributed by atoms with Crippen molar-refractivity contribution < 1.29 is 9.32 Å². The zero-order chi connectivity index (χ0) is 12.3. The van der Waals surface area contributed by atoms with E-state index in [2.05, 4.69) is 10.1 Å². The SMILES string of the molecule is CCC(=O)Cc1nc(-c2cccc(Cl)c2)no1. The Morgan fingerprint density at radius 2 is 2.29 bits per heavy atom. The Bertz CT molecular complexity index is 537. The van der Waals surface area contributed by atoms with Crippen molar-refractivity contribution in [2.75, 3.05) is 0 Å². The summed E-state index contributed by atoms with van der Waals surface area (Å²) in [5.74, 6) is 0.865. The lowest BCUT2D eigenvalue weighted by molar-refractivity contribution is -0.118. The van der Waals surface area contributed by atoms with Gasteiger partial charge in [0.15, 0.2) is 0 Å². The summed E-state index contributed by atoms with van der Waals surface area (Å²) in [6.45, 7) is 1.80. The lowest BCUT2D eigenvalue weighted by atomic mass is 10.2. The minimum atomic E-state index is 0.0753. The number of hydrogen-bond donors (Lipinski definition) is 0. The van der Waals surface area contributed by atoms with Gasteiger partial charge >= 0.3 is 0 Å². The number of hydrogen-bond acceptors (Lipinski definition) is 4. The summed E-state index contributed by atoms with van der Waals surface area (Å²) in [7, 11) is 0. The Morgan fingerprint density at radius 1 is 1.47 bits per heavy atom. The molecule has 0 aliphatic carbocycles. The Balaban J connectivity index is 2.21. The molecule has 4 nitrogen and oxygen atoms in total. The average molecular weight is 251 g/mol. The number of nitrogens with zero attached hydrogens (tertiary/aromatic N) is 2. The van der Waals surface area contributed by atoms with Gasteiger partial charge in [-0.1, -0.05) is 35.8 Å². The highest BCUT2D eigenvalue weighted by Crippen LogP contribution is 2.20. The molecule has 0 aliphatic heterocycles. The smallest absolute Gasteiger partial charge is 0.234 e. The van der Waals surface area contributed by atoms with Crippen molar-refractivity contribution in [2.45, 2.75) is 19.8 Å². The van der Waals surface area contributed by atoms with Crippen LogP contribution in [0, 0.1) is 0 Å². The van der Waals surface area contributed by atoms with E-state index in [4.69, 9.17) is 16.1 Å². The molecule has 0 radical (unpaired) electrons. The van der Waals surface area contributed by atoms with Crippen LogP contribution in [0.2, 0.25) is 5.02 Å². The second kappa shape index (κ2) is 5.10. The maximum Gasteiger partial charge on any atom is 0.234 e. The van der Waals surface area contributed by atoms with Crippen molar-refractivity contribution in [1.82, 2.24) is 10.1 Å². The Kier molecular flexibility index (Phi) is 3.54. The van der Waals surface area contributed by atoms with Gasteiger partial charge in [0, 0.05) is 17.0 Å². The van der Waals surface area contributed by atoms with Crippen LogP contribution in [0.3, 0.4) is 0 Å². The molecule has 0 unspecified atom stereocenters. The van der Waals surface area contributed by atoms with E-state index in [9.17, 15) is 4.79 Å². The first kappa shape index (κ1) is 11.8. The van der Waals surface area contributed by atoms with E-state index in [0.29, 0.717) is 23.2 Å². The van der Waals surface area contributed by atoms with E-state index in [1.165, 1.54) is 0 Å². The van der Waals surface area contributed by atoms with Crippen molar-refractivity contribution in [3.05, 3.63) is 35.2 Å². The Labute approximate surface area is 104 Å². The number of Topliss-reactive ketones (excluding diaryl/α,β-unsaturated/α-hetero) is 1. The van der Waals surface area contributed by atoms with E-state index in [0.717, 1.165) is 5.56 Å². The fourth-order valence-electron chi connectivity index (χ4n) is 1.37. The molecule has 0 aliphatic rings. The van der Waals surface area contributed by atoms with Gasteiger partial charge in [0.1, 0.15) is 5.78 Å². The molecule has 1 heterocycles. The highest BCUT2D eigenvalue weighted by atomic mass is 35.5. The molecule has 0 amide bonds. The summed E-state index contributed by atoms with van der Waals surface area (Å²) in [5.41, 5.74) is 0.774. The van der Waals surface area contributed by atoms with E-state index in [-0.39, 0.29) is 12.2 Å². The van der Waals surface area contributed by atoms with Gasteiger partial charge in [-0.05, 0) is 12.1 Å². The van der Waals surface area contributed by atoms with Gasteiger partial charge in [-0.15, -0.1) is 0 Å². The lowest BCUT2D eigenvalue weighted by Gasteiger charge is -1.93. The average Bonchev–Trinajstić information content (AvgIpc) is 2.77. The van der Waals surface area contributed by atoms with E-state index in [1.807, 2.05) is 12.1 Å². The molecule has 0 N–H and O–H groups in total.